The van der Waals surface area contributed by atoms with Gasteiger partial charge in [-0.15, -0.1) is 0 Å². The van der Waals surface area contributed by atoms with Crippen molar-refractivity contribution in [1.82, 2.24) is 10.4 Å². The third-order valence-corrected chi connectivity index (χ3v) is 1.41. The molecular weight excluding hydrogens is 126 g/mol. The van der Waals surface area contributed by atoms with Gasteiger partial charge in [0.2, 0.25) is 0 Å². The van der Waals surface area contributed by atoms with Crippen molar-refractivity contribution >= 4 is 0 Å². The summed E-state index contributed by atoms with van der Waals surface area (Å²) in [6, 6.07) is 3.90. The van der Waals surface area contributed by atoms with Crippen LogP contribution in [0.2, 0.25) is 0 Å². The molecule has 1 aromatic heterocycles. The Kier molecular flexibility index (Phi) is 2.36. The van der Waals surface area contributed by atoms with E-state index in [4.69, 9.17) is 5.84 Å². The summed E-state index contributed by atoms with van der Waals surface area (Å²) in [6.07, 6.45) is 1.77. The largest absolute Gasteiger partial charge is 0.271 e. The summed E-state index contributed by atoms with van der Waals surface area (Å²) in [5, 5.41) is 0. The van der Waals surface area contributed by atoms with Crippen LogP contribution in [0.25, 0.3) is 0 Å². The molecule has 0 amide bonds. The normalized spacial score (nSPS) is 9.80. The highest BCUT2D eigenvalue weighted by Crippen LogP contribution is 2.01. The number of hydrazine groups is 1. The molecule has 0 fully saturated rings. The predicted octanol–water partition coefficient (Wildman–Crippen LogP) is 0.353. The first-order valence-electron chi connectivity index (χ1n) is 3.18. The molecule has 3 N–H and O–H groups in total. The topological polar surface area (TPSA) is 50.9 Å². The molecule has 1 rings (SSSR count). The van der Waals surface area contributed by atoms with Gasteiger partial charge in [-0.2, -0.15) is 0 Å². The number of nitrogens with two attached hydrogens (primary N) is 1. The Morgan fingerprint density at radius 1 is 1.70 bits per heavy atom. The van der Waals surface area contributed by atoms with Crippen molar-refractivity contribution in [3.05, 3.63) is 29.6 Å². The van der Waals surface area contributed by atoms with Gasteiger partial charge < -0.3 is 0 Å². The highest BCUT2D eigenvalue weighted by Gasteiger charge is 1.93. The molecule has 0 saturated heterocycles. The molecule has 0 aliphatic rings. The van der Waals surface area contributed by atoms with Crippen molar-refractivity contribution in [3.63, 3.8) is 0 Å². The SMILES string of the molecule is Cc1ncccc1CNN. The molecule has 0 radical (unpaired) electrons. The second-order valence-electron chi connectivity index (χ2n) is 2.13. The van der Waals surface area contributed by atoms with E-state index in [-0.39, 0.29) is 0 Å². The molecular formula is C7H11N3. The van der Waals surface area contributed by atoms with Crippen molar-refractivity contribution in [2.75, 3.05) is 0 Å². The van der Waals surface area contributed by atoms with Gasteiger partial charge in [0.25, 0.3) is 0 Å². The Labute approximate surface area is 60.2 Å². The van der Waals surface area contributed by atoms with E-state index in [0.29, 0.717) is 6.54 Å². The lowest BCUT2D eigenvalue weighted by molar-refractivity contribution is 0.733. The third kappa shape index (κ3) is 1.52. The zero-order valence-corrected chi connectivity index (χ0v) is 5.96. The van der Waals surface area contributed by atoms with E-state index in [9.17, 15) is 0 Å². The van der Waals surface area contributed by atoms with Crippen LogP contribution in [-0.4, -0.2) is 4.98 Å². The fourth-order valence-corrected chi connectivity index (χ4v) is 0.814. The fraction of sp³-hybridized carbons (Fsp3) is 0.286. The summed E-state index contributed by atoms with van der Waals surface area (Å²) >= 11 is 0. The summed E-state index contributed by atoms with van der Waals surface area (Å²) in [4.78, 5) is 4.10. The number of nitrogens with one attached hydrogen (secondary N) is 1. The van der Waals surface area contributed by atoms with Gasteiger partial charge in [0.15, 0.2) is 0 Å². The Bertz CT molecular complexity index is 210. The van der Waals surface area contributed by atoms with Crippen LogP contribution in [0, 0.1) is 6.92 Å². The first kappa shape index (κ1) is 7.18. The van der Waals surface area contributed by atoms with Gasteiger partial charge in [0.1, 0.15) is 0 Å². The van der Waals surface area contributed by atoms with Gasteiger partial charge in [0, 0.05) is 18.4 Å². The summed E-state index contributed by atoms with van der Waals surface area (Å²) in [6.45, 7) is 2.65. The Balaban J connectivity index is 2.81. The predicted molar refractivity (Wildman–Crippen MR) is 40.0 cm³/mol. The molecule has 3 nitrogen and oxygen atoms in total. The first-order valence-corrected chi connectivity index (χ1v) is 3.18. The van der Waals surface area contributed by atoms with E-state index in [2.05, 4.69) is 10.4 Å². The molecule has 0 aliphatic heterocycles. The maximum Gasteiger partial charge on any atom is 0.0418 e. The van der Waals surface area contributed by atoms with Crippen LogP contribution >= 0.6 is 0 Å². The van der Waals surface area contributed by atoms with Crippen LogP contribution in [0.4, 0.5) is 0 Å². The van der Waals surface area contributed by atoms with E-state index >= 15 is 0 Å². The fourth-order valence-electron chi connectivity index (χ4n) is 0.814. The number of nitrogens with zero attached hydrogens (tertiary/aromatic N) is 1. The molecule has 3 heteroatoms. The van der Waals surface area contributed by atoms with Gasteiger partial charge in [-0.3, -0.25) is 16.3 Å². The average molecular weight is 137 g/mol. The molecule has 0 aromatic carbocycles. The summed E-state index contributed by atoms with van der Waals surface area (Å²) in [7, 11) is 0. The Morgan fingerprint density at radius 3 is 3.10 bits per heavy atom. The molecule has 0 spiro atoms. The van der Waals surface area contributed by atoms with E-state index < -0.39 is 0 Å². The zero-order valence-electron chi connectivity index (χ0n) is 5.96. The van der Waals surface area contributed by atoms with E-state index in [1.54, 1.807) is 6.20 Å². The number of aromatic nitrogens is 1. The minimum absolute atomic E-state index is 0.680. The molecule has 1 heterocycles. The minimum atomic E-state index is 0.680. The van der Waals surface area contributed by atoms with Gasteiger partial charge in [-0.05, 0) is 18.6 Å². The number of hydrogen-bond donors (Lipinski definition) is 2. The van der Waals surface area contributed by atoms with Crippen molar-refractivity contribution in [3.8, 4) is 0 Å². The van der Waals surface area contributed by atoms with E-state index in [1.807, 2.05) is 19.1 Å². The maximum atomic E-state index is 5.15. The first-order chi connectivity index (χ1) is 4.84. The number of rotatable bonds is 2. The summed E-state index contributed by atoms with van der Waals surface area (Å²) in [5.74, 6) is 5.15. The summed E-state index contributed by atoms with van der Waals surface area (Å²) < 4.78 is 0. The smallest absolute Gasteiger partial charge is 0.0418 e. The lowest BCUT2D eigenvalue weighted by Gasteiger charge is -2.01. The number of aryl methyl sites for hydroxylation is 1. The number of hydrogen-bond acceptors (Lipinski definition) is 3. The molecule has 1 aromatic rings. The lowest BCUT2D eigenvalue weighted by Crippen LogP contribution is -2.21. The quantitative estimate of drug-likeness (QED) is 0.457. The highest BCUT2D eigenvalue weighted by atomic mass is 15.2. The lowest BCUT2D eigenvalue weighted by atomic mass is 10.2. The zero-order chi connectivity index (χ0) is 7.40. The van der Waals surface area contributed by atoms with E-state index in [1.165, 1.54) is 0 Å². The second-order valence-corrected chi connectivity index (χ2v) is 2.13. The van der Waals surface area contributed by atoms with Crippen LogP contribution in [-0.2, 0) is 6.54 Å². The standard InChI is InChI=1S/C7H11N3/c1-6-7(5-10-8)3-2-4-9-6/h2-4,10H,5,8H2,1H3. The summed E-state index contributed by atoms with van der Waals surface area (Å²) in [5.41, 5.74) is 4.76. The Hall–Kier alpha value is -0.930. The average Bonchev–Trinajstić information content (AvgIpc) is 1.94. The molecule has 0 aliphatic carbocycles. The van der Waals surface area contributed by atoms with E-state index in [0.717, 1.165) is 11.3 Å². The van der Waals surface area contributed by atoms with Crippen LogP contribution < -0.4 is 11.3 Å². The van der Waals surface area contributed by atoms with Crippen molar-refractivity contribution in [1.29, 1.82) is 0 Å². The van der Waals surface area contributed by atoms with Crippen molar-refractivity contribution in [2.24, 2.45) is 5.84 Å². The van der Waals surface area contributed by atoms with Crippen molar-refractivity contribution < 1.29 is 0 Å². The molecule has 0 bridgehead atoms. The van der Waals surface area contributed by atoms with Gasteiger partial charge >= 0.3 is 0 Å². The van der Waals surface area contributed by atoms with Gasteiger partial charge in [0.05, 0.1) is 0 Å². The molecule has 0 saturated carbocycles. The van der Waals surface area contributed by atoms with Gasteiger partial charge in [-0.1, -0.05) is 6.07 Å². The maximum absolute atomic E-state index is 5.15. The molecule has 0 atom stereocenters. The second kappa shape index (κ2) is 3.29. The van der Waals surface area contributed by atoms with Gasteiger partial charge in [-0.25, -0.2) is 0 Å². The molecule has 10 heavy (non-hydrogen) atoms. The molecule has 0 unspecified atom stereocenters. The number of pyridine rings is 1. The van der Waals surface area contributed by atoms with Crippen LogP contribution in [0.15, 0.2) is 18.3 Å². The minimum Gasteiger partial charge on any atom is -0.271 e. The monoisotopic (exact) mass is 137 g/mol. The third-order valence-electron chi connectivity index (χ3n) is 1.41. The van der Waals surface area contributed by atoms with Crippen LogP contribution in [0.1, 0.15) is 11.3 Å². The highest BCUT2D eigenvalue weighted by molar-refractivity contribution is 5.17. The van der Waals surface area contributed by atoms with Crippen molar-refractivity contribution in [2.45, 2.75) is 13.5 Å². The van der Waals surface area contributed by atoms with Crippen LogP contribution in [0.3, 0.4) is 0 Å². The Morgan fingerprint density at radius 2 is 2.50 bits per heavy atom. The van der Waals surface area contributed by atoms with Crippen LogP contribution in [0.5, 0.6) is 0 Å². The molecule has 54 valence electrons.